The van der Waals surface area contributed by atoms with Gasteiger partial charge in [-0.05, 0) is 63.6 Å². The van der Waals surface area contributed by atoms with E-state index in [-0.39, 0.29) is 5.97 Å². The molecular formula is C24H22O3S2. The lowest BCUT2D eigenvalue weighted by Gasteiger charge is -2.07. The first-order chi connectivity index (χ1) is 13.9. The zero-order chi connectivity index (χ0) is 20.7. The van der Waals surface area contributed by atoms with E-state index in [1.54, 1.807) is 29.8 Å². The number of thiophene rings is 2. The van der Waals surface area contributed by atoms with Gasteiger partial charge in [-0.1, -0.05) is 12.1 Å². The second-order valence-electron chi connectivity index (χ2n) is 7.08. The van der Waals surface area contributed by atoms with Crippen LogP contribution in [0.25, 0.3) is 17.2 Å². The number of cyclic esters (lactones) is 1. The second-order valence-corrected chi connectivity index (χ2v) is 10.00. The minimum absolute atomic E-state index is 0.293. The largest absolute Gasteiger partial charge is 0.497 e. The van der Waals surface area contributed by atoms with Crippen molar-refractivity contribution in [3.63, 3.8) is 0 Å². The van der Waals surface area contributed by atoms with E-state index in [9.17, 15) is 4.79 Å². The smallest absolute Gasteiger partial charge is 0.344 e. The normalized spacial score (nSPS) is 15.3. The molecule has 4 rings (SSSR count). The van der Waals surface area contributed by atoms with Gasteiger partial charge in [0.2, 0.25) is 0 Å². The summed E-state index contributed by atoms with van der Waals surface area (Å²) in [5.41, 5.74) is 4.48. The number of ether oxygens (including phenoxy) is 2. The van der Waals surface area contributed by atoms with Crippen LogP contribution in [-0.2, 0) is 9.53 Å². The Balaban J connectivity index is 1.96. The molecule has 0 N–H and O–H groups in total. The van der Waals surface area contributed by atoms with Gasteiger partial charge in [0, 0.05) is 36.2 Å². The molecule has 0 unspecified atom stereocenters. The molecule has 0 amide bonds. The predicted octanol–water partition coefficient (Wildman–Crippen LogP) is 6.56. The molecule has 0 aliphatic carbocycles. The van der Waals surface area contributed by atoms with Crippen molar-refractivity contribution in [1.82, 2.24) is 0 Å². The molecule has 5 heteroatoms. The Morgan fingerprint density at radius 2 is 1.52 bits per heavy atom. The summed E-state index contributed by atoms with van der Waals surface area (Å²) in [6.07, 6.45) is 1.92. The van der Waals surface area contributed by atoms with Gasteiger partial charge in [0.25, 0.3) is 0 Å². The Hall–Kier alpha value is -2.63. The molecule has 0 saturated heterocycles. The molecule has 2 aromatic heterocycles. The number of carbonyl (C=O) groups is 1. The molecule has 29 heavy (non-hydrogen) atoms. The summed E-state index contributed by atoms with van der Waals surface area (Å²) in [4.78, 5) is 17.7. The molecule has 3 aromatic rings. The number of methoxy groups -OCH3 is 1. The SMILES string of the molecule is COc1cccc(C=C2OC(=O)C(c3cc(C)sc3C)=C2c2cc(C)sc2C)c1. The third-order valence-corrected chi connectivity index (χ3v) is 6.85. The summed E-state index contributed by atoms with van der Waals surface area (Å²) >= 11 is 3.43. The lowest BCUT2D eigenvalue weighted by Crippen LogP contribution is -1.98. The first-order valence-corrected chi connectivity index (χ1v) is 11.0. The number of esters is 1. The Morgan fingerprint density at radius 3 is 2.07 bits per heavy atom. The highest BCUT2D eigenvalue weighted by Gasteiger charge is 2.34. The average molecular weight is 423 g/mol. The molecule has 0 atom stereocenters. The van der Waals surface area contributed by atoms with Crippen LogP contribution in [0.1, 0.15) is 36.2 Å². The zero-order valence-corrected chi connectivity index (χ0v) is 18.7. The highest BCUT2D eigenvalue weighted by atomic mass is 32.1. The maximum absolute atomic E-state index is 13.0. The minimum atomic E-state index is -0.293. The Labute approximate surface area is 178 Å². The minimum Gasteiger partial charge on any atom is -0.497 e. The molecule has 3 heterocycles. The van der Waals surface area contributed by atoms with Gasteiger partial charge < -0.3 is 9.47 Å². The predicted molar refractivity (Wildman–Crippen MR) is 121 cm³/mol. The molecule has 0 bridgehead atoms. The fraction of sp³-hybridized carbons (Fsp3) is 0.208. The molecule has 0 radical (unpaired) electrons. The Morgan fingerprint density at radius 1 is 0.897 bits per heavy atom. The summed E-state index contributed by atoms with van der Waals surface area (Å²) < 4.78 is 11.2. The van der Waals surface area contributed by atoms with Gasteiger partial charge in [0.15, 0.2) is 0 Å². The zero-order valence-electron chi connectivity index (χ0n) is 17.1. The number of carbonyl (C=O) groups excluding carboxylic acids is 1. The first kappa shape index (κ1) is 19.7. The van der Waals surface area contributed by atoms with E-state index >= 15 is 0 Å². The van der Waals surface area contributed by atoms with Crippen molar-refractivity contribution in [1.29, 1.82) is 0 Å². The standard InChI is InChI=1S/C24H22O3S2/c1-13-9-19(15(3)28-13)22-21(12-17-7-6-8-18(11-17)26-5)27-24(25)23(22)20-10-14(2)29-16(20)4/h6-12H,1-5H3. The van der Waals surface area contributed by atoms with Gasteiger partial charge in [-0.3, -0.25) is 0 Å². The molecule has 148 valence electrons. The van der Waals surface area contributed by atoms with Gasteiger partial charge in [-0.25, -0.2) is 4.79 Å². The molecular weight excluding hydrogens is 400 g/mol. The number of benzene rings is 1. The van der Waals surface area contributed by atoms with Crippen LogP contribution in [0.2, 0.25) is 0 Å². The number of allylic oxidation sites excluding steroid dienone is 1. The quantitative estimate of drug-likeness (QED) is 0.447. The van der Waals surface area contributed by atoms with E-state index in [0.29, 0.717) is 11.3 Å². The van der Waals surface area contributed by atoms with E-state index in [4.69, 9.17) is 9.47 Å². The van der Waals surface area contributed by atoms with E-state index < -0.39 is 0 Å². The van der Waals surface area contributed by atoms with Crippen LogP contribution in [0.15, 0.2) is 42.2 Å². The number of aryl methyl sites for hydroxylation is 4. The van der Waals surface area contributed by atoms with Crippen molar-refractivity contribution in [3.8, 4) is 5.75 Å². The first-order valence-electron chi connectivity index (χ1n) is 9.34. The van der Waals surface area contributed by atoms with Crippen molar-refractivity contribution in [2.45, 2.75) is 27.7 Å². The van der Waals surface area contributed by atoms with E-state index in [1.165, 1.54) is 14.6 Å². The maximum atomic E-state index is 13.0. The third-order valence-electron chi connectivity index (χ3n) is 4.92. The molecule has 1 aliphatic rings. The average Bonchev–Trinajstić information content (AvgIpc) is 3.28. The lowest BCUT2D eigenvalue weighted by atomic mass is 9.94. The topological polar surface area (TPSA) is 35.5 Å². The highest BCUT2D eigenvalue weighted by molar-refractivity contribution is 7.12. The van der Waals surface area contributed by atoms with E-state index in [0.717, 1.165) is 32.9 Å². The van der Waals surface area contributed by atoms with Crippen LogP contribution in [0.3, 0.4) is 0 Å². The van der Waals surface area contributed by atoms with Gasteiger partial charge in [0.05, 0.1) is 12.7 Å². The highest BCUT2D eigenvalue weighted by Crippen LogP contribution is 2.45. The summed E-state index contributed by atoms with van der Waals surface area (Å²) in [6, 6.07) is 12.0. The van der Waals surface area contributed by atoms with Gasteiger partial charge in [0.1, 0.15) is 11.5 Å². The van der Waals surface area contributed by atoms with E-state index in [2.05, 4.69) is 39.8 Å². The molecule has 0 saturated carbocycles. The van der Waals surface area contributed by atoms with Crippen molar-refractivity contribution in [2.24, 2.45) is 0 Å². The van der Waals surface area contributed by atoms with Crippen molar-refractivity contribution in [3.05, 3.63) is 78.4 Å². The summed E-state index contributed by atoms with van der Waals surface area (Å²) in [7, 11) is 1.64. The van der Waals surface area contributed by atoms with Crippen molar-refractivity contribution < 1.29 is 14.3 Å². The van der Waals surface area contributed by atoms with Crippen molar-refractivity contribution in [2.75, 3.05) is 7.11 Å². The Bertz CT molecular complexity index is 1170. The van der Waals surface area contributed by atoms with Crippen LogP contribution in [0.5, 0.6) is 5.75 Å². The molecule has 0 spiro atoms. The van der Waals surface area contributed by atoms with Crippen LogP contribution in [0.4, 0.5) is 0 Å². The maximum Gasteiger partial charge on any atom is 0.344 e. The molecule has 0 fully saturated rings. The Kier molecular flexibility index (Phi) is 5.19. The number of rotatable bonds is 4. The second kappa shape index (κ2) is 7.65. The lowest BCUT2D eigenvalue weighted by molar-refractivity contribution is -0.131. The summed E-state index contributed by atoms with van der Waals surface area (Å²) in [6.45, 7) is 8.30. The molecule has 1 aliphatic heterocycles. The van der Waals surface area contributed by atoms with Gasteiger partial charge >= 0.3 is 5.97 Å². The fourth-order valence-electron chi connectivity index (χ4n) is 3.68. The van der Waals surface area contributed by atoms with Gasteiger partial charge in [-0.2, -0.15) is 0 Å². The molecule has 3 nitrogen and oxygen atoms in total. The number of hydrogen-bond acceptors (Lipinski definition) is 5. The number of hydrogen-bond donors (Lipinski definition) is 0. The molecule has 1 aromatic carbocycles. The van der Waals surface area contributed by atoms with Crippen LogP contribution < -0.4 is 4.74 Å². The van der Waals surface area contributed by atoms with Crippen molar-refractivity contribution >= 4 is 45.9 Å². The summed E-state index contributed by atoms with van der Waals surface area (Å²) in [5, 5.41) is 0. The van der Waals surface area contributed by atoms with Crippen LogP contribution in [0, 0.1) is 27.7 Å². The fourth-order valence-corrected chi connectivity index (χ4v) is 5.54. The third kappa shape index (κ3) is 3.68. The van der Waals surface area contributed by atoms with Gasteiger partial charge in [-0.15, -0.1) is 22.7 Å². The monoisotopic (exact) mass is 422 g/mol. The van der Waals surface area contributed by atoms with Crippen LogP contribution in [-0.4, -0.2) is 13.1 Å². The van der Waals surface area contributed by atoms with E-state index in [1.807, 2.05) is 30.3 Å². The van der Waals surface area contributed by atoms with Crippen LogP contribution >= 0.6 is 22.7 Å². The summed E-state index contributed by atoms with van der Waals surface area (Å²) in [5.74, 6) is 1.06.